The van der Waals surface area contributed by atoms with E-state index in [1.54, 1.807) is 13.2 Å². The maximum absolute atomic E-state index is 8.89. The molecule has 0 aliphatic heterocycles. The van der Waals surface area contributed by atoms with Crippen LogP contribution in [0.2, 0.25) is 0 Å². The van der Waals surface area contributed by atoms with Gasteiger partial charge in [-0.25, -0.2) is 4.98 Å². The summed E-state index contributed by atoms with van der Waals surface area (Å²) in [5.74, 6) is 0.535. The number of nitrogens with zero attached hydrogens (tertiary/aromatic N) is 2. The van der Waals surface area contributed by atoms with Gasteiger partial charge >= 0.3 is 0 Å². The lowest BCUT2D eigenvalue weighted by Gasteiger charge is -2.07. The summed E-state index contributed by atoms with van der Waals surface area (Å²) in [5, 5.41) is 8.89. The molecule has 0 saturated carbocycles. The highest BCUT2D eigenvalue weighted by atomic mass is 16.5. The van der Waals surface area contributed by atoms with E-state index in [0.717, 1.165) is 11.1 Å². The number of hydrogen-bond donors (Lipinski definition) is 0. The molecule has 2 aromatic rings. The fraction of sp³-hybridized carbons (Fsp3) is 0.143. The Bertz CT molecular complexity index is 568. The smallest absolute Gasteiger partial charge is 0.221 e. The Labute approximate surface area is 100 Å². The second-order valence-electron chi connectivity index (χ2n) is 3.76. The van der Waals surface area contributed by atoms with Crippen LogP contribution >= 0.6 is 0 Å². The van der Waals surface area contributed by atoms with Crippen LogP contribution in [0.5, 0.6) is 5.88 Å². The Balaban J connectivity index is 2.56. The van der Waals surface area contributed by atoms with Gasteiger partial charge in [0.2, 0.25) is 5.88 Å². The summed E-state index contributed by atoms with van der Waals surface area (Å²) in [5.41, 5.74) is 3.56. The Hall–Kier alpha value is -2.34. The van der Waals surface area contributed by atoms with Gasteiger partial charge in [0.15, 0.2) is 0 Å². The van der Waals surface area contributed by atoms with Crippen molar-refractivity contribution in [2.24, 2.45) is 0 Å². The average Bonchev–Trinajstić information content (AvgIpc) is 2.39. The van der Waals surface area contributed by atoms with E-state index < -0.39 is 0 Å². The van der Waals surface area contributed by atoms with Crippen molar-refractivity contribution in [3.05, 3.63) is 47.7 Å². The molecule has 0 aliphatic rings. The highest BCUT2D eigenvalue weighted by Gasteiger charge is 2.08. The fourth-order valence-electron chi connectivity index (χ4n) is 1.62. The van der Waals surface area contributed by atoms with Gasteiger partial charge in [-0.05, 0) is 18.6 Å². The van der Waals surface area contributed by atoms with Crippen molar-refractivity contribution in [2.75, 3.05) is 7.11 Å². The molecule has 0 fully saturated rings. The maximum atomic E-state index is 8.89. The zero-order valence-corrected chi connectivity index (χ0v) is 9.77. The number of ether oxygens (including phenoxy) is 1. The quantitative estimate of drug-likeness (QED) is 0.787. The molecule has 0 unspecified atom stereocenters. The van der Waals surface area contributed by atoms with E-state index in [-0.39, 0.29) is 0 Å². The van der Waals surface area contributed by atoms with Crippen molar-refractivity contribution < 1.29 is 4.74 Å². The van der Waals surface area contributed by atoms with Gasteiger partial charge in [-0.3, -0.25) is 0 Å². The minimum atomic E-state index is 0.529. The predicted octanol–water partition coefficient (Wildman–Crippen LogP) is 2.94. The minimum absolute atomic E-state index is 0.529. The summed E-state index contributed by atoms with van der Waals surface area (Å²) in [6, 6.07) is 11.9. The topological polar surface area (TPSA) is 45.9 Å². The van der Waals surface area contributed by atoms with E-state index in [1.165, 1.54) is 11.8 Å². The highest BCUT2D eigenvalue weighted by molar-refractivity contribution is 5.70. The molecule has 0 atom stereocenters. The van der Waals surface area contributed by atoms with Crippen LogP contribution in [0.3, 0.4) is 0 Å². The molecule has 0 amide bonds. The summed E-state index contributed by atoms with van der Waals surface area (Å²) in [4.78, 5) is 4.12. The number of benzene rings is 1. The summed E-state index contributed by atoms with van der Waals surface area (Å²) in [6.07, 6.45) is 1.51. The number of aromatic nitrogens is 1. The van der Waals surface area contributed by atoms with Crippen molar-refractivity contribution in [1.82, 2.24) is 4.98 Å². The number of hydrogen-bond acceptors (Lipinski definition) is 3. The summed E-state index contributed by atoms with van der Waals surface area (Å²) in [7, 11) is 1.58. The van der Waals surface area contributed by atoms with Crippen LogP contribution in [0.1, 0.15) is 11.1 Å². The van der Waals surface area contributed by atoms with Crippen LogP contribution in [0.15, 0.2) is 36.5 Å². The molecule has 17 heavy (non-hydrogen) atoms. The molecule has 0 radical (unpaired) electrons. The highest BCUT2D eigenvalue weighted by Crippen LogP contribution is 2.28. The van der Waals surface area contributed by atoms with E-state index in [4.69, 9.17) is 10.00 Å². The number of methoxy groups -OCH3 is 1. The largest absolute Gasteiger partial charge is 0.481 e. The van der Waals surface area contributed by atoms with Gasteiger partial charge in [0, 0.05) is 11.8 Å². The average molecular weight is 224 g/mol. The lowest BCUT2D eigenvalue weighted by molar-refractivity contribution is 0.399. The van der Waals surface area contributed by atoms with Crippen molar-refractivity contribution in [2.45, 2.75) is 6.92 Å². The SMILES string of the molecule is COc1ncc(C#N)cc1-c1ccc(C)cc1. The molecule has 3 heteroatoms. The third kappa shape index (κ3) is 2.26. The molecule has 1 heterocycles. The summed E-state index contributed by atoms with van der Waals surface area (Å²) in [6.45, 7) is 2.03. The molecule has 0 bridgehead atoms. The number of nitriles is 1. The first-order chi connectivity index (χ1) is 8.24. The lowest BCUT2D eigenvalue weighted by Crippen LogP contribution is -1.92. The van der Waals surface area contributed by atoms with E-state index in [9.17, 15) is 0 Å². The van der Waals surface area contributed by atoms with Crippen molar-refractivity contribution in [3.63, 3.8) is 0 Å². The van der Waals surface area contributed by atoms with Gasteiger partial charge in [-0.1, -0.05) is 29.8 Å². The molecule has 84 valence electrons. The normalized spacial score (nSPS) is 9.71. The number of pyridine rings is 1. The van der Waals surface area contributed by atoms with Crippen molar-refractivity contribution in [3.8, 4) is 23.1 Å². The van der Waals surface area contributed by atoms with Crippen LogP contribution in [0.25, 0.3) is 11.1 Å². The van der Waals surface area contributed by atoms with Gasteiger partial charge in [0.05, 0.1) is 12.7 Å². The van der Waals surface area contributed by atoms with E-state index in [1.807, 2.05) is 31.2 Å². The Morgan fingerprint density at radius 1 is 1.24 bits per heavy atom. The second-order valence-corrected chi connectivity index (χ2v) is 3.76. The van der Waals surface area contributed by atoms with Crippen LogP contribution in [0, 0.1) is 18.3 Å². The molecule has 2 rings (SSSR count). The first kappa shape index (κ1) is 11.2. The molecule has 0 N–H and O–H groups in total. The van der Waals surface area contributed by atoms with Gasteiger partial charge in [0.25, 0.3) is 0 Å². The first-order valence-electron chi connectivity index (χ1n) is 5.26. The Morgan fingerprint density at radius 3 is 2.53 bits per heavy atom. The van der Waals surface area contributed by atoms with E-state index in [2.05, 4.69) is 11.1 Å². The summed E-state index contributed by atoms with van der Waals surface area (Å²) >= 11 is 0. The van der Waals surface area contributed by atoms with Gasteiger partial charge in [-0.15, -0.1) is 0 Å². The van der Waals surface area contributed by atoms with Crippen LogP contribution < -0.4 is 4.74 Å². The molecule has 0 spiro atoms. The van der Waals surface area contributed by atoms with Crippen LogP contribution in [-0.4, -0.2) is 12.1 Å². The van der Waals surface area contributed by atoms with Crippen LogP contribution in [0.4, 0.5) is 0 Å². The molecular formula is C14H12N2O. The number of aryl methyl sites for hydroxylation is 1. The molecule has 3 nitrogen and oxygen atoms in total. The standard InChI is InChI=1S/C14H12N2O/c1-10-3-5-12(6-4-10)13-7-11(8-15)9-16-14(13)17-2/h3-7,9H,1-2H3. The monoisotopic (exact) mass is 224 g/mol. The lowest BCUT2D eigenvalue weighted by atomic mass is 10.0. The van der Waals surface area contributed by atoms with Crippen molar-refractivity contribution in [1.29, 1.82) is 5.26 Å². The van der Waals surface area contributed by atoms with E-state index in [0.29, 0.717) is 11.4 Å². The van der Waals surface area contributed by atoms with Gasteiger partial charge in [0.1, 0.15) is 6.07 Å². The third-order valence-corrected chi connectivity index (χ3v) is 2.54. The fourth-order valence-corrected chi connectivity index (χ4v) is 1.62. The Kier molecular flexibility index (Phi) is 3.06. The van der Waals surface area contributed by atoms with Crippen LogP contribution in [-0.2, 0) is 0 Å². The van der Waals surface area contributed by atoms with Gasteiger partial charge < -0.3 is 4.74 Å². The molecule has 0 saturated heterocycles. The van der Waals surface area contributed by atoms with Gasteiger partial charge in [-0.2, -0.15) is 5.26 Å². The molecule has 1 aromatic carbocycles. The molecular weight excluding hydrogens is 212 g/mol. The third-order valence-electron chi connectivity index (χ3n) is 2.54. The summed E-state index contributed by atoms with van der Waals surface area (Å²) < 4.78 is 5.21. The maximum Gasteiger partial charge on any atom is 0.221 e. The molecule has 1 aromatic heterocycles. The zero-order chi connectivity index (χ0) is 12.3. The van der Waals surface area contributed by atoms with E-state index >= 15 is 0 Å². The second kappa shape index (κ2) is 4.67. The number of rotatable bonds is 2. The Morgan fingerprint density at radius 2 is 1.94 bits per heavy atom. The zero-order valence-electron chi connectivity index (χ0n) is 9.77. The minimum Gasteiger partial charge on any atom is -0.481 e. The molecule has 0 aliphatic carbocycles. The predicted molar refractivity (Wildman–Crippen MR) is 65.7 cm³/mol. The van der Waals surface area contributed by atoms with Crippen molar-refractivity contribution >= 4 is 0 Å². The first-order valence-corrected chi connectivity index (χ1v) is 5.26.